The first kappa shape index (κ1) is 13.1. The van der Waals surface area contributed by atoms with Crippen LogP contribution in [0.25, 0.3) is 0 Å². The largest absolute Gasteiger partial charge is 0.297 e. The van der Waals surface area contributed by atoms with E-state index in [1.807, 2.05) is 18.2 Å². The first-order chi connectivity index (χ1) is 9.70. The Kier molecular flexibility index (Phi) is 3.40. The third-order valence-electron chi connectivity index (χ3n) is 4.12. The predicted molar refractivity (Wildman–Crippen MR) is 75.6 cm³/mol. The van der Waals surface area contributed by atoms with Gasteiger partial charge in [-0.1, -0.05) is 36.4 Å². The molecule has 0 radical (unpaired) electrons. The zero-order chi connectivity index (χ0) is 14.1. The third kappa shape index (κ3) is 2.16. The second-order valence-corrected chi connectivity index (χ2v) is 5.47. The van der Waals surface area contributed by atoms with Crippen molar-refractivity contribution in [2.75, 3.05) is 19.6 Å². The van der Waals surface area contributed by atoms with Crippen molar-refractivity contribution in [1.82, 2.24) is 9.80 Å². The monoisotopic (exact) mass is 270 g/mol. The number of hydrogen-bond acceptors (Lipinski definition) is 3. The summed E-state index contributed by atoms with van der Waals surface area (Å²) in [6.45, 7) is 6.10. The summed E-state index contributed by atoms with van der Waals surface area (Å²) in [4.78, 5) is 28.0. The molecule has 1 aromatic carbocycles. The highest BCUT2D eigenvalue weighted by atomic mass is 16.2. The van der Waals surface area contributed by atoms with Crippen LogP contribution in [-0.4, -0.2) is 41.2 Å². The lowest BCUT2D eigenvalue weighted by molar-refractivity contribution is -0.140. The zero-order valence-electron chi connectivity index (χ0n) is 11.4. The summed E-state index contributed by atoms with van der Waals surface area (Å²) in [5.41, 5.74) is 1.22. The molecule has 0 spiro atoms. The minimum atomic E-state index is -0.161. The number of amides is 2. The third-order valence-corrected chi connectivity index (χ3v) is 4.12. The lowest BCUT2D eigenvalue weighted by Crippen LogP contribution is -2.35. The summed E-state index contributed by atoms with van der Waals surface area (Å²) in [5, 5.41) is 0. The van der Waals surface area contributed by atoms with Gasteiger partial charge in [0, 0.05) is 26.2 Å². The number of hydrogen-bond donors (Lipinski definition) is 0. The van der Waals surface area contributed by atoms with Crippen LogP contribution in [0.15, 0.2) is 43.0 Å². The van der Waals surface area contributed by atoms with Gasteiger partial charge in [-0.25, -0.2) is 0 Å². The van der Waals surface area contributed by atoms with Gasteiger partial charge in [0.1, 0.15) is 0 Å². The van der Waals surface area contributed by atoms with E-state index in [4.69, 9.17) is 0 Å². The van der Waals surface area contributed by atoms with E-state index in [0.717, 1.165) is 6.54 Å². The Hall–Kier alpha value is -1.94. The first-order valence-corrected chi connectivity index (χ1v) is 6.93. The Bertz CT molecular complexity index is 517. The van der Waals surface area contributed by atoms with Crippen molar-refractivity contribution >= 4 is 11.8 Å². The van der Waals surface area contributed by atoms with Crippen LogP contribution in [0.1, 0.15) is 5.56 Å². The number of imide groups is 1. The average molecular weight is 270 g/mol. The smallest absolute Gasteiger partial charge is 0.234 e. The van der Waals surface area contributed by atoms with E-state index in [1.165, 1.54) is 10.5 Å². The molecule has 104 valence electrons. The highest BCUT2D eigenvalue weighted by Crippen LogP contribution is 2.33. The van der Waals surface area contributed by atoms with Gasteiger partial charge >= 0.3 is 0 Å². The highest BCUT2D eigenvalue weighted by Gasteiger charge is 2.51. The summed E-state index contributed by atoms with van der Waals surface area (Å²) in [5.74, 6) is -0.386. The van der Waals surface area contributed by atoms with E-state index >= 15 is 0 Å². The van der Waals surface area contributed by atoms with Crippen LogP contribution >= 0.6 is 0 Å². The molecule has 4 nitrogen and oxygen atoms in total. The molecule has 0 aliphatic carbocycles. The first-order valence-electron chi connectivity index (χ1n) is 6.93. The molecule has 0 saturated carbocycles. The maximum Gasteiger partial charge on any atom is 0.234 e. The molecule has 2 fully saturated rings. The summed E-state index contributed by atoms with van der Waals surface area (Å²) in [6.07, 6.45) is 1.61. The van der Waals surface area contributed by atoms with Crippen molar-refractivity contribution in [1.29, 1.82) is 0 Å². The molecule has 0 aromatic heterocycles. The Balaban J connectivity index is 1.68. The Morgan fingerprint density at radius 1 is 1.10 bits per heavy atom. The molecule has 2 aliphatic heterocycles. The lowest BCUT2D eigenvalue weighted by atomic mass is 10.00. The molecule has 2 saturated heterocycles. The molecule has 2 aliphatic rings. The summed E-state index contributed by atoms with van der Waals surface area (Å²) in [6, 6.07) is 10.1. The SMILES string of the molecule is C=CCN1C(=O)[C@H]2CN(Cc3ccccc3)C[C@H]2C1=O. The molecule has 2 heterocycles. The number of rotatable bonds is 4. The maximum absolute atomic E-state index is 12.2. The minimum Gasteiger partial charge on any atom is -0.297 e. The minimum absolute atomic E-state index is 0.0320. The predicted octanol–water partition coefficient (Wildman–Crippen LogP) is 1.29. The van der Waals surface area contributed by atoms with E-state index in [1.54, 1.807) is 6.08 Å². The summed E-state index contributed by atoms with van der Waals surface area (Å²) >= 11 is 0. The molecule has 0 unspecified atom stereocenters. The van der Waals surface area contributed by atoms with Crippen LogP contribution in [0.4, 0.5) is 0 Å². The molecule has 20 heavy (non-hydrogen) atoms. The number of likely N-dealkylation sites (tertiary alicyclic amines) is 2. The van der Waals surface area contributed by atoms with Crippen LogP contribution in [-0.2, 0) is 16.1 Å². The van der Waals surface area contributed by atoms with Gasteiger partial charge in [-0.3, -0.25) is 19.4 Å². The standard InChI is InChI=1S/C16H18N2O2/c1-2-8-18-15(19)13-10-17(11-14(13)16(18)20)9-12-6-4-3-5-7-12/h2-7,13-14H,1,8-11H2/t13-,14+. The van der Waals surface area contributed by atoms with Crippen molar-refractivity contribution < 1.29 is 9.59 Å². The molecule has 3 rings (SSSR count). The van der Waals surface area contributed by atoms with Crippen LogP contribution in [0.3, 0.4) is 0 Å². The molecule has 0 N–H and O–H groups in total. The number of carbonyl (C=O) groups is 2. The van der Waals surface area contributed by atoms with Gasteiger partial charge < -0.3 is 0 Å². The van der Waals surface area contributed by atoms with Crippen molar-refractivity contribution in [2.45, 2.75) is 6.54 Å². The Morgan fingerprint density at radius 2 is 1.70 bits per heavy atom. The molecule has 0 bridgehead atoms. The van der Waals surface area contributed by atoms with Crippen LogP contribution in [0.5, 0.6) is 0 Å². The highest BCUT2D eigenvalue weighted by molar-refractivity contribution is 6.05. The summed E-state index contributed by atoms with van der Waals surface area (Å²) in [7, 11) is 0. The van der Waals surface area contributed by atoms with Crippen molar-refractivity contribution in [2.24, 2.45) is 11.8 Å². The van der Waals surface area contributed by atoms with Crippen LogP contribution < -0.4 is 0 Å². The van der Waals surface area contributed by atoms with E-state index in [2.05, 4.69) is 23.6 Å². The molecule has 2 atom stereocenters. The fraction of sp³-hybridized carbons (Fsp3) is 0.375. The van der Waals surface area contributed by atoms with Gasteiger partial charge in [0.25, 0.3) is 0 Å². The van der Waals surface area contributed by atoms with Gasteiger partial charge in [0.05, 0.1) is 11.8 Å². The molecular formula is C16H18N2O2. The average Bonchev–Trinajstić information content (AvgIpc) is 2.96. The van der Waals surface area contributed by atoms with Crippen LogP contribution in [0, 0.1) is 11.8 Å². The zero-order valence-corrected chi connectivity index (χ0v) is 11.4. The lowest BCUT2D eigenvalue weighted by Gasteiger charge is -2.19. The number of fused-ring (bicyclic) bond motifs is 1. The second kappa shape index (κ2) is 5.21. The van der Waals surface area contributed by atoms with Crippen molar-refractivity contribution in [3.63, 3.8) is 0 Å². The molecule has 4 heteroatoms. The van der Waals surface area contributed by atoms with Crippen molar-refractivity contribution in [3.05, 3.63) is 48.6 Å². The number of benzene rings is 1. The second-order valence-electron chi connectivity index (χ2n) is 5.47. The van der Waals surface area contributed by atoms with Gasteiger partial charge in [-0.2, -0.15) is 0 Å². The van der Waals surface area contributed by atoms with E-state index in [-0.39, 0.29) is 23.7 Å². The maximum atomic E-state index is 12.2. The van der Waals surface area contributed by atoms with Gasteiger partial charge in [-0.05, 0) is 5.56 Å². The normalized spacial score (nSPS) is 26.1. The molecular weight excluding hydrogens is 252 g/mol. The summed E-state index contributed by atoms with van der Waals surface area (Å²) < 4.78 is 0. The van der Waals surface area contributed by atoms with E-state index in [9.17, 15) is 9.59 Å². The quantitative estimate of drug-likeness (QED) is 0.611. The Morgan fingerprint density at radius 3 is 2.25 bits per heavy atom. The van der Waals surface area contributed by atoms with Gasteiger partial charge in [0.15, 0.2) is 0 Å². The fourth-order valence-corrected chi connectivity index (χ4v) is 3.17. The van der Waals surface area contributed by atoms with Gasteiger partial charge in [0.2, 0.25) is 11.8 Å². The number of carbonyl (C=O) groups excluding carboxylic acids is 2. The fourth-order valence-electron chi connectivity index (χ4n) is 3.17. The van der Waals surface area contributed by atoms with Crippen LogP contribution in [0.2, 0.25) is 0 Å². The number of nitrogens with zero attached hydrogens (tertiary/aromatic N) is 2. The van der Waals surface area contributed by atoms with Crippen molar-refractivity contribution in [3.8, 4) is 0 Å². The molecule has 1 aromatic rings. The van der Waals surface area contributed by atoms with Gasteiger partial charge in [-0.15, -0.1) is 6.58 Å². The van der Waals surface area contributed by atoms with E-state index < -0.39 is 0 Å². The Labute approximate surface area is 118 Å². The molecule has 2 amide bonds. The van der Waals surface area contributed by atoms with E-state index in [0.29, 0.717) is 19.6 Å². The topological polar surface area (TPSA) is 40.6 Å².